The number of hydrogen-bond acceptors (Lipinski definition) is 3. The molecular formula is C12H17N3S. The molecule has 1 aromatic heterocycles. The summed E-state index contributed by atoms with van der Waals surface area (Å²) in [5.74, 6) is 0. The van der Waals surface area contributed by atoms with Gasteiger partial charge in [0.05, 0.1) is 11.9 Å². The zero-order valence-electron chi connectivity index (χ0n) is 9.28. The monoisotopic (exact) mass is 235 g/mol. The van der Waals surface area contributed by atoms with Gasteiger partial charge in [0, 0.05) is 17.8 Å². The van der Waals surface area contributed by atoms with Crippen molar-refractivity contribution in [2.75, 3.05) is 5.32 Å². The number of nitrogens with one attached hydrogen (secondary N) is 1. The van der Waals surface area contributed by atoms with Gasteiger partial charge in [0.2, 0.25) is 0 Å². The van der Waals surface area contributed by atoms with Crippen molar-refractivity contribution in [1.82, 2.24) is 4.98 Å². The van der Waals surface area contributed by atoms with Gasteiger partial charge >= 0.3 is 0 Å². The van der Waals surface area contributed by atoms with Crippen LogP contribution in [-0.2, 0) is 0 Å². The van der Waals surface area contributed by atoms with E-state index in [1.54, 1.807) is 6.20 Å². The molecule has 2 rings (SSSR count). The quantitative estimate of drug-likeness (QED) is 0.790. The summed E-state index contributed by atoms with van der Waals surface area (Å²) in [6, 6.07) is 2.42. The first-order valence-corrected chi connectivity index (χ1v) is 6.18. The molecule has 0 aliphatic heterocycles. The van der Waals surface area contributed by atoms with Crippen LogP contribution in [0.5, 0.6) is 0 Å². The highest BCUT2D eigenvalue weighted by Gasteiger charge is 2.14. The molecule has 4 heteroatoms. The number of nitrogens with zero attached hydrogens (tertiary/aromatic N) is 1. The molecule has 1 heterocycles. The third kappa shape index (κ3) is 2.70. The zero-order chi connectivity index (χ0) is 11.4. The molecule has 1 aromatic rings. The van der Waals surface area contributed by atoms with Gasteiger partial charge in [-0.25, -0.2) is 0 Å². The minimum Gasteiger partial charge on any atom is -0.389 e. The Labute approximate surface area is 101 Å². The van der Waals surface area contributed by atoms with Gasteiger partial charge in [-0.1, -0.05) is 31.5 Å². The molecule has 1 aliphatic rings. The van der Waals surface area contributed by atoms with Crippen LogP contribution in [0, 0.1) is 0 Å². The molecule has 0 unspecified atom stereocenters. The Morgan fingerprint density at radius 1 is 1.38 bits per heavy atom. The third-order valence-electron chi connectivity index (χ3n) is 3.05. The number of anilines is 1. The molecule has 1 aliphatic carbocycles. The highest BCUT2D eigenvalue weighted by Crippen LogP contribution is 2.23. The van der Waals surface area contributed by atoms with E-state index in [9.17, 15) is 0 Å². The molecule has 0 saturated heterocycles. The molecule has 0 amide bonds. The predicted molar refractivity (Wildman–Crippen MR) is 70.6 cm³/mol. The summed E-state index contributed by atoms with van der Waals surface area (Å²) < 4.78 is 0. The maximum absolute atomic E-state index is 5.68. The van der Waals surface area contributed by atoms with E-state index >= 15 is 0 Å². The zero-order valence-corrected chi connectivity index (χ0v) is 10.1. The largest absolute Gasteiger partial charge is 0.389 e. The number of nitrogens with two attached hydrogens (primary N) is 1. The van der Waals surface area contributed by atoms with Crippen LogP contribution >= 0.6 is 12.2 Å². The van der Waals surface area contributed by atoms with Crippen LogP contribution in [0.2, 0.25) is 0 Å². The topological polar surface area (TPSA) is 50.9 Å². The van der Waals surface area contributed by atoms with Crippen LogP contribution in [0.3, 0.4) is 0 Å². The first-order chi connectivity index (χ1) is 7.77. The highest BCUT2D eigenvalue weighted by molar-refractivity contribution is 7.80. The average Bonchev–Trinajstić information content (AvgIpc) is 2.31. The lowest BCUT2D eigenvalue weighted by atomic mass is 9.95. The van der Waals surface area contributed by atoms with Gasteiger partial charge in [-0.3, -0.25) is 4.98 Å². The van der Waals surface area contributed by atoms with E-state index in [2.05, 4.69) is 10.3 Å². The molecule has 86 valence electrons. The fraction of sp³-hybridized carbons (Fsp3) is 0.500. The summed E-state index contributed by atoms with van der Waals surface area (Å²) in [6.45, 7) is 0. The van der Waals surface area contributed by atoms with E-state index in [0.717, 1.165) is 11.3 Å². The van der Waals surface area contributed by atoms with Gasteiger partial charge in [0.15, 0.2) is 0 Å². The Hall–Kier alpha value is -1.16. The number of hydrogen-bond donors (Lipinski definition) is 2. The minimum atomic E-state index is 0.431. The number of pyridine rings is 1. The summed E-state index contributed by atoms with van der Waals surface area (Å²) in [5, 5.41) is 3.50. The Kier molecular flexibility index (Phi) is 3.72. The van der Waals surface area contributed by atoms with E-state index < -0.39 is 0 Å². The summed E-state index contributed by atoms with van der Waals surface area (Å²) in [5.41, 5.74) is 7.56. The fourth-order valence-corrected chi connectivity index (χ4v) is 2.37. The lowest BCUT2D eigenvalue weighted by molar-refractivity contribution is 0.462. The SMILES string of the molecule is NC(=S)c1ccncc1NC1CCCCC1. The average molecular weight is 235 g/mol. The van der Waals surface area contributed by atoms with E-state index in [0.29, 0.717) is 11.0 Å². The van der Waals surface area contributed by atoms with Gasteiger partial charge in [0.1, 0.15) is 4.99 Å². The van der Waals surface area contributed by atoms with E-state index in [1.807, 2.05) is 12.3 Å². The predicted octanol–water partition coefficient (Wildman–Crippen LogP) is 2.46. The second-order valence-electron chi connectivity index (χ2n) is 4.26. The molecule has 16 heavy (non-hydrogen) atoms. The molecule has 3 N–H and O–H groups in total. The van der Waals surface area contributed by atoms with Crippen LogP contribution in [0.25, 0.3) is 0 Å². The first kappa shape index (κ1) is 11.3. The van der Waals surface area contributed by atoms with Crippen LogP contribution < -0.4 is 11.1 Å². The fourth-order valence-electron chi connectivity index (χ4n) is 2.19. The van der Waals surface area contributed by atoms with Crippen molar-refractivity contribution in [3.8, 4) is 0 Å². The van der Waals surface area contributed by atoms with Crippen molar-refractivity contribution >= 4 is 22.9 Å². The Bertz CT molecular complexity index is 372. The Balaban J connectivity index is 2.10. The Morgan fingerprint density at radius 2 is 2.12 bits per heavy atom. The molecule has 0 aromatic carbocycles. The van der Waals surface area contributed by atoms with Gasteiger partial charge < -0.3 is 11.1 Å². The van der Waals surface area contributed by atoms with Gasteiger partial charge in [-0.15, -0.1) is 0 Å². The van der Waals surface area contributed by atoms with Gasteiger partial charge in [-0.05, 0) is 18.9 Å². The number of thiocarbonyl (C=S) groups is 1. The van der Waals surface area contributed by atoms with Crippen molar-refractivity contribution in [1.29, 1.82) is 0 Å². The number of rotatable bonds is 3. The maximum Gasteiger partial charge on any atom is 0.106 e. The van der Waals surface area contributed by atoms with Crippen molar-refractivity contribution in [2.45, 2.75) is 38.1 Å². The third-order valence-corrected chi connectivity index (χ3v) is 3.27. The summed E-state index contributed by atoms with van der Waals surface area (Å²) in [4.78, 5) is 4.55. The second-order valence-corrected chi connectivity index (χ2v) is 4.70. The summed E-state index contributed by atoms with van der Waals surface area (Å²) in [7, 11) is 0. The van der Waals surface area contributed by atoms with E-state index in [1.165, 1.54) is 32.1 Å². The van der Waals surface area contributed by atoms with Crippen LogP contribution in [0.1, 0.15) is 37.7 Å². The molecule has 1 fully saturated rings. The maximum atomic E-state index is 5.68. The minimum absolute atomic E-state index is 0.431. The smallest absolute Gasteiger partial charge is 0.106 e. The standard InChI is InChI=1S/C12H17N3S/c13-12(16)10-6-7-14-8-11(10)15-9-4-2-1-3-5-9/h6-9,15H,1-5H2,(H2,13,16). The lowest BCUT2D eigenvalue weighted by Gasteiger charge is -2.24. The van der Waals surface area contributed by atoms with E-state index in [4.69, 9.17) is 18.0 Å². The molecular weight excluding hydrogens is 218 g/mol. The first-order valence-electron chi connectivity index (χ1n) is 5.78. The summed E-state index contributed by atoms with van der Waals surface area (Å²) in [6.07, 6.45) is 9.95. The molecule has 3 nitrogen and oxygen atoms in total. The van der Waals surface area contributed by atoms with Crippen molar-refractivity contribution in [3.05, 3.63) is 24.0 Å². The molecule has 0 spiro atoms. The molecule has 0 bridgehead atoms. The van der Waals surface area contributed by atoms with Gasteiger partial charge in [-0.2, -0.15) is 0 Å². The highest BCUT2D eigenvalue weighted by atomic mass is 32.1. The Morgan fingerprint density at radius 3 is 2.81 bits per heavy atom. The van der Waals surface area contributed by atoms with E-state index in [-0.39, 0.29) is 0 Å². The van der Waals surface area contributed by atoms with Crippen LogP contribution in [0.15, 0.2) is 18.5 Å². The van der Waals surface area contributed by atoms with Crippen molar-refractivity contribution < 1.29 is 0 Å². The molecule has 0 atom stereocenters. The normalized spacial score (nSPS) is 17.0. The summed E-state index contributed by atoms with van der Waals surface area (Å²) >= 11 is 5.03. The number of aromatic nitrogens is 1. The van der Waals surface area contributed by atoms with Crippen molar-refractivity contribution in [2.24, 2.45) is 5.73 Å². The lowest BCUT2D eigenvalue weighted by Crippen LogP contribution is -2.24. The van der Waals surface area contributed by atoms with Crippen LogP contribution in [-0.4, -0.2) is 16.0 Å². The van der Waals surface area contributed by atoms with Crippen molar-refractivity contribution in [3.63, 3.8) is 0 Å². The molecule has 0 radical (unpaired) electrons. The van der Waals surface area contributed by atoms with Crippen LogP contribution in [0.4, 0.5) is 5.69 Å². The molecule has 1 saturated carbocycles. The van der Waals surface area contributed by atoms with Gasteiger partial charge in [0.25, 0.3) is 0 Å². The second kappa shape index (κ2) is 5.25.